The van der Waals surface area contributed by atoms with Crippen molar-refractivity contribution in [3.05, 3.63) is 89.5 Å². The standard InChI is InChI=1S/C30H34N2O2/c33-16-5-10-25-13-15-32(21-23-6-4-9-26(18-23)24-7-2-1-3-8-24)22-29(25)27-11-12-30-28(19-27)20-31-14-17-34-30/h1-4,6-9,11-12,16,18-19,25,29,31H,5,10,13-15,17,20-22H2. The molecule has 1 fully saturated rings. The van der Waals surface area contributed by atoms with Crippen LogP contribution in [0.3, 0.4) is 0 Å². The van der Waals surface area contributed by atoms with Crippen molar-refractivity contribution in [2.75, 3.05) is 26.2 Å². The Morgan fingerprint density at radius 3 is 2.76 bits per heavy atom. The molecule has 4 nitrogen and oxygen atoms in total. The van der Waals surface area contributed by atoms with Gasteiger partial charge in [0.1, 0.15) is 18.6 Å². The average molecular weight is 455 g/mol. The smallest absolute Gasteiger partial charge is 0.123 e. The van der Waals surface area contributed by atoms with Crippen LogP contribution >= 0.6 is 0 Å². The van der Waals surface area contributed by atoms with E-state index in [4.69, 9.17) is 4.74 Å². The number of hydrogen-bond donors (Lipinski definition) is 1. The summed E-state index contributed by atoms with van der Waals surface area (Å²) in [6.07, 6.45) is 3.82. The second-order valence-electron chi connectivity index (χ2n) is 9.59. The number of rotatable bonds is 7. The number of hydrogen-bond acceptors (Lipinski definition) is 4. The first-order valence-electron chi connectivity index (χ1n) is 12.6. The molecule has 2 atom stereocenters. The van der Waals surface area contributed by atoms with Crippen molar-refractivity contribution in [1.29, 1.82) is 0 Å². The zero-order valence-corrected chi connectivity index (χ0v) is 19.8. The maximum Gasteiger partial charge on any atom is 0.123 e. The molecule has 2 aliphatic rings. The molecule has 0 aromatic heterocycles. The summed E-state index contributed by atoms with van der Waals surface area (Å²) in [7, 11) is 0. The molecule has 0 spiro atoms. The number of likely N-dealkylation sites (tertiary alicyclic amines) is 1. The van der Waals surface area contributed by atoms with Gasteiger partial charge in [0.15, 0.2) is 0 Å². The largest absolute Gasteiger partial charge is 0.492 e. The van der Waals surface area contributed by atoms with Crippen molar-refractivity contribution >= 4 is 6.29 Å². The van der Waals surface area contributed by atoms with E-state index in [2.05, 4.69) is 83.0 Å². The average Bonchev–Trinajstić information content (AvgIpc) is 3.13. The molecular weight excluding hydrogens is 420 g/mol. The van der Waals surface area contributed by atoms with E-state index in [-0.39, 0.29) is 0 Å². The molecule has 176 valence electrons. The lowest BCUT2D eigenvalue weighted by atomic mass is 9.78. The van der Waals surface area contributed by atoms with Crippen molar-refractivity contribution < 1.29 is 9.53 Å². The maximum atomic E-state index is 11.1. The van der Waals surface area contributed by atoms with E-state index in [1.807, 2.05) is 0 Å². The van der Waals surface area contributed by atoms with Crippen LogP contribution in [0.1, 0.15) is 41.9 Å². The summed E-state index contributed by atoms with van der Waals surface area (Å²) in [5.74, 6) is 1.97. The molecule has 2 aliphatic heterocycles. The van der Waals surface area contributed by atoms with Gasteiger partial charge >= 0.3 is 0 Å². The molecule has 34 heavy (non-hydrogen) atoms. The fourth-order valence-corrected chi connectivity index (χ4v) is 5.52. The van der Waals surface area contributed by atoms with Crippen molar-refractivity contribution in [3.63, 3.8) is 0 Å². The Kier molecular flexibility index (Phi) is 7.37. The Bertz CT molecular complexity index is 1100. The highest BCUT2D eigenvalue weighted by molar-refractivity contribution is 5.63. The van der Waals surface area contributed by atoms with E-state index >= 15 is 0 Å². The first-order chi connectivity index (χ1) is 16.8. The molecule has 5 rings (SSSR count). The fourth-order valence-electron chi connectivity index (χ4n) is 5.52. The van der Waals surface area contributed by atoms with Crippen molar-refractivity contribution in [1.82, 2.24) is 10.2 Å². The van der Waals surface area contributed by atoms with Gasteiger partial charge in [0.2, 0.25) is 0 Å². The van der Waals surface area contributed by atoms with Crippen LogP contribution in [-0.4, -0.2) is 37.4 Å². The van der Waals surface area contributed by atoms with Gasteiger partial charge in [-0.25, -0.2) is 0 Å². The summed E-state index contributed by atoms with van der Waals surface area (Å²) in [5, 5.41) is 3.46. The summed E-state index contributed by atoms with van der Waals surface area (Å²) < 4.78 is 5.91. The number of benzene rings is 3. The normalized spacial score (nSPS) is 20.7. The summed E-state index contributed by atoms with van der Waals surface area (Å²) in [6, 6.07) is 26.3. The molecule has 0 amide bonds. The van der Waals surface area contributed by atoms with Crippen LogP contribution in [-0.2, 0) is 17.9 Å². The van der Waals surface area contributed by atoms with E-state index in [1.165, 1.54) is 27.8 Å². The molecule has 0 saturated carbocycles. The third-order valence-corrected chi connectivity index (χ3v) is 7.30. The molecule has 0 aliphatic carbocycles. The Labute approximate surface area is 202 Å². The minimum atomic E-state index is 0.430. The molecule has 4 heteroatoms. The fraction of sp³-hybridized carbons (Fsp3) is 0.367. The van der Waals surface area contributed by atoms with E-state index < -0.39 is 0 Å². The van der Waals surface area contributed by atoms with Crippen LogP contribution in [0.4, 0.5) is 0 Å². The number of fused-ring (bicyclic) bond motifs is 1. The minimum absolute atomic E-state index is 0.430. The van der Waals surface area contributed by atoms with Gasteiger partial charge < -0.3 is 14.8 Å². The second kappa shape index (κ2) is 11.0. The van der Waals surface area contributed by atoms with Gasteiger partial charge in [0, 0.05) is 38.2 Å². The lowest BCUT2D eigenvalue weighted by molar-refractivity contribution is -0.108. The first-order valence-corrected chi connectivity index (χ1v) is 12.6. The first kappa shape index (κ1) is 22.8. The number of carbonyl (C=O) groups excluding carboxylic acids is 1. The second-order valence-corrected chi connectivity index (χ2v) is 9.59. The van der Waals surface area contributed by atoms with Crippen LogP contribution in [0.25, 0.3) is 11.1 Å². The summed E-state index contributed by atoms with van der Waals surface area (Å²) in [6.45, 7) is 5.49. The minimum Gasteiger partial charge on any atom is -0.492 e. The Hall–Kier alpha value is -2.95. The van der Waals surface area contributed by atoms with Crippen LogP contribution < -0.4 is 10.1 Å². The number of nitrogens with one attached hydrogen (secondary N) is 1. The van der Waals surface area contributed by atoms with Gasteiger partial charge in [-0.2, -0.15) is 0 Å². The zero-order valence-electron chi connectivity index (χ0n) is 19.8. The lowest BCUT2D eigenvalue weighted by Crippen LogP contribution is -2.39. The van der Waals surface area contributed by atoms with Gasteiger partial charge in [-0.05, 0) is 65.6 Å². The van der Waals surface area contributed by atoms with Gasteiger partial charge in [-0.15, -0.1) is 0 Å². The topological polar surface area (TPSA) is 41.6 Å². The summed E-state index contributed by atoms with van der Waals surface area (Å²) in [4.78, 5) is 13.7. The number of nitrogens with zero attached hydrogens (tertiary/aromatic N) is 1. The molecule has 3 aromatic rings. The van der Waals surface area contributed by atoms with Crippen molar-refractivity contribution in [2.45, 2.75) is 38.3 Å². The van der Waals surface area contributed by atoms with Crippen molar-refractivity contribution in [3.8, 4) is 16.9 Å². The lowest BCUT2D eigenvalue weighted by Gasteiger charge is -2.39. The molecule has 1 saturated heterocycles. The molecular formula is C30H34N2O2. The summed E-state index contributed by atoms with van der Waals surface area (Å²) in [5.41, 5.74) is 6.51. The third-order valence-electron chi connectivity index (χ3n) is 7.30. The van der Waals surface area contributed by atoms with Crippen LogP contribution in [0.15, 0.2) is 72.8 Å². The predicted octanol–water partition coefficient (Wildman–Crippen LogP) is 5.42. The molecule has 0 radical (unpaired) electrons. The highest BCUT2D eigenvalue weighted by Crippen LogP contribution is 2.38. The Morgan fingerprint density at radius 2 is 1.88 bits per heavy atom. The molecule has 0 bridgehead atoms. The maximum absolute atomic E-state index is 11.1. The summed E-state index contributed by atoms with van der Waals surface area (Å²) >= 11 is 0. The number of carbonyl (C=O) groups is 1. The quantitative estimate of drug-likeness (QED) is 0.484. The monoisotopic (exact) mass is 454 g/mol. The van der Waals surface area contributed by atoms with E-state index in [0.29, 0.717) is 24.9 Å². The van der Waals surface area contributed by atoms with Crippen LogP contribution in [0.2, 0.25) is 0 Å². The highest BCUT2D eigenvalue weighted by atomic mass is 16.5. The van der Waals surface area contributed by atoms with E-state index in [0.717, 1.165) is 57.6 Å². The van der Waals surface area contributed by atoms with E-state index in [9.17, 15) is 4.79 Å². The van der Waals surface area contributed by atoms with Crippen LogP contribution in [0, 0.1) is 5.92 Å². The van der Waals surface area contributed by atoms with Crippen LogP contribution in [0.5, 0.6) is 5.75 Å². The SMILES string of the molecule is O=CCCC1CCN(Cc2cccc(-c3ccccc3)c2)CC1c1ccc2c(c1)CNCCO2. The number of piperidine rings is 1. The third kappa shape index (κ3) is 5.40. The predicted molar refractivity (Wildman–Crippen MR) is 137 cm³/mol. The van der Waals surface area contributed by atoms with Gasteiger partial charge in [0.05, 0.1) is 0 Å². The van der Waals surface area contributed by atoms with E-state index in [1.54, 1.807) is 0 Å². The van der Waals surface area contributed by atoms with Gasteiger partial charge in [-0.3, -0.25) is 4.90 Å². The molecule has 3 aromatic carbocycles. The zero-order chi connectivity index (χ0) is 23.2. The Balaban J connectivity index is 1.35. The van der Waals surface area contributed by atoms with Gasteiger partial charge in [-0.1, -0.05) is 60.7 Å². The Morgan fingerprint density at radius 1 is 1.00 bits per heavy atom. The van der Waals surface area contributed by atoms with Crippen molar-refractivity contribution in [2.24, 2.45) is 5.92 Å². The molecule has 1 N–H and O–H groups in total. The molecule has 2 heterocycles. The van der Waals surface area contributed by atoms with Gasteiger partial charge in [0.25, 0.3) is 0 Å². The molecule has 2 unspecified atom stereocenters. The highest BCUT2D eigenvalue weighted by Gasteiger charge is 2.30. The number of ether oxygens (including phenoxy) is 1. The number of aldehydes is 1.